The summed E-state index contributed by atoms with van der Waals surface area (Å²) in [6.45, 7) is 4.38. The number of aryl methyl sites for hydroxylation is 1. The Morgan fingerprint density at radius 1 is 1.40 bits per heavy atom. The molecule has 0 radical (unpaired) electrons. The van der Waals surface area contributed by atoms with Crippen LogP contribution in [0.2, 0.25) is 0 Å². The van der Waals surface area contributed by atoms with E-state index in [2.05, 4.69) is 12.0 Å². The molecule has 0 saturated heterocycles. The van der Waals surface area contributed by atoms with E-state index < -0.39 is 0 Å². The molecule has 20 heavy (non-hydrogen) atoms. The van der Waals surface area contributed by atoms with Crippen LogP contribution in [0, 0.1) is 0 Å². The van der Waals surface area contributed by atoms with Crippen LogP contribution in [-0.4, -0.2) is 39.8 Å². The van der Waals surface area contributed by atoms with E-state index in [0.29, 0.717) is 11.7 Å². The second-order valence-electron chi connectivity index (χ2n) is 5.68. The molecule has 0 spiro atoms. The first-order valence-corrected chi connectivity index (χ1v) is 7.81. The molecule has 1 saturated carbocycles. The van der Waals surface area contributed by atoms with Gasteiger partial charge in [0.25, 0.3) is 5.91 Å². The van der Waals surface area contributed by atoms with E-state index in [0.717, 1.165) is 44.8 Å². The van der Waals surface area contributed by atoms with Crippen molar-refractivity contribution in [2.75, 3.05) is 13.2 Å². The van der Waals surface area contributed by atoms with E-state index in [1.165, 1.54) is 19.3 Å². The third-order valence-corrected chi connectivity index (χ3v) is 4.34. The van der Waals surface area contributed by atoms with Crippen molar-refractivity contribution in [1.82, 2.24) is 14.7 Å². The number of fused-ring (bicyclic) bond motifs is 1. The highest BCUT2D eigenvalue weighted by Crippen LogP contribution is 2.25. The number of rotatable bonds is 3. The summed E-state index contributed by atoms with van der Waals surface area (Å²) in [6.07, 6.45) is 6.99. The Kier molecular flexibility index (Phi) is 3.94. The summed E-state index contributed by atoms with van der Waals surface area (Å²) < 4.78 is 7.35. The van der Waals surface area contributed by atoms with Gasteiger partial charge in [-0.05, 0) is 19.8 Å². The predicted octanol–water partition coefficient (Wildman–Crippen LogP) is 2.46. The molecule has 1 aromatic heterocycles. The van der Waals surface area contributed by atoms with Crippen LogP contribution in [0.5, 0.6) is 5.88 Å². The molecular formula is C15H23N3O2. The Morgan fingerprint density at radius 2 is 2.20 bits per heavy atom. The maximum Gasteiger partial charge on any atom is 0.274 e. The Labute approximate surface area is 119 Å². The Bertz CT molecular complexity index is 454. The van der Waals surface area contributed by atoms with E-state index in [1.54, 1.807) is 6.07 Å². The monoisotopic (exact) mass is 277 g/mol. The quantitative estimate of drug-likeness (QED) is 0.852. The van der Waals surface area contributed by atoms with Crippen LogP contribution in [0.25, 0.3) is 0 Å². The number of amides is 1. The van der Waals surface area contributed by atoms with Crippen LogP contribution in [0.1, 0.15) is 55.9 Å². The van der Waals surface area contributed by atoms with Crippen molar-refractivity contribution in [3.63, 3.8) is 0 Å². The third kappa shape index (κ3) is 2.53. The molecule has 1 fully saturated rings. The van der Waals surface area contributed by atoms with Gasteiger partial charge in [0.05, 0.1) is 6.61 Å². The van der Waals surface area contributed by atoms with Crippen molar-refractivity contribution >= 4 is 5.91 Å². The van der Waals surface area contributed by atoms with Crippen molar-refractivity contribution in [3.05, 3.63) is 11.8 Å². The molecule has 0 atom stereocenters. The highest BCUT2D eigenvalue weighted by molar-refractivity contribution is 5.92. The average Bonchev–Trinajstić information content (AvgIpc) is 2.93. The van der Waals surface area contributed by atoms with Gasteiger partial charge in [0.15, 0.2) is 5.69 Å². The van der Waals surface area contributed by atoms with Gasteiger partial charge in [0.1, 0.15) is 0 Å². The summed E-state index contributed by atoms with van der Waals surface area (Å²) in [5, 5.41) is 4.41. The van der Waals surface area contributed by atoms with Crippen molar-refractivity contribution in [1.29, 1.82) is 0 Å². The van der Waals surface area contributed by atoms with Crippen LogP contribution in [0.4, 0.5) is 0 Å². The van der Waals surface area contributed by atoms with Gasteiger partial charge in [-0.15, -0.1) is 0 Å². The van der Waals surface area contributed by atoms with E-state index in [4.69, 9.17) is 4.74 Å². The molecule has 2 aliphatic rings. The third-order valence-electron chi connectivity index (χ3n) is 4.34. The van der Waals surface area contributed by atoms with Gasteiger partial charge in [-0.3, -0.25) is 4.79 Å². The van der Waals surface area contributed by atoms with Crippen LogP contribution in [-0.2, 0) is 6.54 Å². The Morgan fingerprint density at radius 3 is 2.90 bits per heavy atom. The van der Waals surface area contributed by atoms with E-state index >= 15 is 0 Å². The number of carbonyl (C=O) groups excluding carboxylic acids is 1. The smallest absolute Gasteiger partial charge is 0.274 e. The molecule has 1 aliphatic heterocycles. The average molecular weight is 277 g/mol. The molecule has 0 unspecified atom stereocenters. The molecular weight excluding hydrogens is 254 g/mol. The maximum atomic E-state index is 12.7. The van der Waals surface area contributed by atoms with Gasteiger partial charge < -0.3 is 9.64 Å². The molecule has 3 rings (SSSR count). The predicted molar refractivity (Wildman–Crippen MR) is 75.9 cm³/mol. The Balaban J connectivity index is 1.77. The zero-order valence-electron chi connectivity index (χ0n) is 12.2. The van der Waals surface area contributed by atoms with Crippen molar-refractivity contribution in [2.24, 2.45) is 0 Å². The van der Waals surface area contributed by atoms with E-state index in [1.807, 2.05) is 9.58 Å². The van der Waals surface area contributed by atoms with Crippen LogP contribution in [0.3, 0.4) is 0 Å². The standard InChI is InChI=1S/C15H23N3O2/c1-2-17(12-7-4-3-5-8-12)15(19)13-11-14-18(16-13)9-6-10-20-14/h11-12H,2-10H2,1H3. The molecule has 1 aromatic rings. The number of hydrogen-bond donors (Lipinski definition) is 0. The van der Waals surface area contributed by atoms with E-state index in [-0.39, 0.29) is 5.91 Å². The molecule has 1 amide bonds. The first-order valence-electron chi connectivity index (χ1n) is 7.81. The van der Waals surface area contributed by atoms with Gasteiger partial charge in [0.2, 0.25) is 5.88 Å². The number of nitrogens with zero attached hydrogens (tertiary/aromatic N) is 3. The molecule has 0 N–H and O–H groups in total. The maximum absolute atomic E-state index is 12.7. The summed E-state index contributed by atoms with van der Waals surface area (Å²) in [7, 11) is 0. The van der Waals surface area contributed by atoms with Crippen molar-refractivity contribution in [3.8, 4) is 5.88 Å². The van der Waals surface area contributed by atoms with Gasteiger partial charge >= 0.3 is 0 Å². The molecule has 110 valence electrons. The lowest BCUT2D eigenvalue weighted by atomic mass is 9.94. The largest absolute Gasteiger partial charge is 0.478 e. The fourth-order valence-electron chi connectivity index (χ4n) is 3.28. The minimum Gasteiger partial charge on any atom is -0.478 e. The second-order valence-corrected chi connectivity index (χ2v) is 5.68. The number of carbonyl (C=O) groups is 1. The second kappa shape index (κ2) is 5.85. The summed E-state index contributed by atoms with van der Waals surface area (Å²) >= 11 is 0. The van der Waals surface area contributed by atoms with Gasteiger partial charge in [-0.2, -0.15) is 5.10 Å². The lowest BCUT2D eigenvalue weighted by molar-refractivity contribution is 0.0641. The Hall–Kier alpha value is -1.52. The summed E-state index contributed by atoms with van der Waals surface area (Å²) in [5.41, 5.74) is 0.536. The molecule has 5 nitrogen and oxygen atoms in total. The van der Waals surface area contributed by atoms with Gasteiger partial charge in [0, 0.05) is 31.6 Å². The molecule has 0 aromatic carbocycles. The van der Waals surface area contributed by atoms with Crippen molar-refractivity contribution in [2.45, 2.75) is 58.0 Å². The normalized spacial score (nSPS) is 19.2. The van der Waals surface area contributed by atoms with Gasteiger partial charge in [-0.1, -0.05) is 19.3 Å². The summed E-state index contributed by atoms with van der Waals surface area (Å²) in [6, 6.07) is 2.19. The fraction of sp³-hybridized carbons (Fsp3) is 0.733. The molecule has 2 heterocycles. The lowest BCUT2D eigenvalue weighted by Gasteiger charge is -2.33. The molecule has 0 bridgehead atoms. The highest BCUT2D eigenvalue weighted by Gasteiger charge is 2.27. The SMILES string of the molecule is CCN(C(=O)c1cc2n(n1)CCCO2)C1CCCCC1. The zero-order chi connectivity index (χ0) is 13.9. The fourth-order valence-corrected chi connectivity index (χ4v) is 3.28. The summed E-state index contributed by atoms with van der Waals surface area (Å²) in [5.74, 6) is 0.796. The highest BCUT2D eigenvalue weighted by atomic mass is 16.5. The van der Waals surface area contributed by atoms with Crippen molar-refractivity contribution < 1.29 is 9.53 Å². The first kappa shape index (κ1) is 13.5. The minimum atomic E-state index is 0.0601. The number of hydrogen-bond acceptors (Lipinski definition) is 3. The number of ether oxygens (including phenoxy) is 1. The molecule has 5 heteroatoms. The topological polar surface area (TPSA) is 47.4 Å². The van der Waals surface area contributed by atoms with Crippen LogP contribution in [0.15, 0.2) is 6.07 Å². The zero-order valence-corrected chi connectivity index (χ0v) is 12.2. The van der Waals surface area contributed by atoms with Crippen LogP contribution < -0.4 is 4.74 Å². The minimum absolute atomic E-state index is 0.0601. The first-order chi connectivity index (χ1) is 9.79. The van der Waals surface area contributed by atoms with E-state index in [9.17, 15) is 4.79 Å². The lowest BCUT2D eigenvalue weighted by Crippen LogP contribution is -2.41. The molecule has 1 aliphatic carbocycles. The summed E-state index contributed by atoms with van der Waals surface area (Å²) in [4.78, 5) is 14.7. The number of aromatic nitrogens is 2. The van der Waals surface area contributed by atoms with Gasteiger partial charge in [-0.25, -0.2) is 4.68 Å². The van der Waals surface area contributed by atoms with Crippen LogP contribution >= 0.6 is 0 Å².